The Hall–Kier alpha value is -2.09. The fourth-order valence-corrected chi connectivity index (χ4v) is 1.58. The van der Waals surface area contributed by atoms with Crippen molar-refractivity contribution in [3.8, 4) is 0 Å². The minimum Gasteiger partial charge on any atom is -0.382 e. The molecule has 1 amide bonds. The van der Waals surface area contributed by atoms with Gasteiger partial charge in [-0.05, 0) is 13.1 Å². The Labute approximate surface area is 111 Å². The fraction of sp³-hybridized carbons (Fsp3) is 0.545. The Morgan fingerprint density at radius 3 is 2.47 bits per heavy atom. The number of amides is 1. The lowest BCUT2D eigenvalue weighted by Gasteiger charge is -2.17. The molecule has 0 aliphatic carbocycles. The second kappa shape index (κ2) is 6.19. The average molecular weight is 268 g/mol. The van der Waals surface area contributed by atoms with Crippen molar-refractivity contribution in [1.82, 2.24) is 14.5 Å². The summed E-state index contributed by atoms with van der Waals surface area (Å²) in [6.07, 6.45) is 0. The van der Waals surface area contributed by atoms with E-state index in [1.54, 1.807) is 0 Å². The molecule has 19 heavy (non-hydrogen) atoms. The van der Waals surface area contributed by atoms with Gasteiger partial charge < -0.3 is 16.8 Å². The standard InChI is InChI=1S/C11H20N6O2/c1-4-17(5-2)6-7(18)14-8-9(12)15-11(13)16(3)10(8)19/h4-6,12H2,1-3H3,(H2,13,15)(H,14,18). The molecule has 8 nitrogen and oxygen atoms in total. The number of likely N-dealkylation sites (N-methyl/N-ethyl adjacent to an activating group) is 1. The van der Waals surface area contributed by atoms with Gasteiger partial charge in [-0.15, -0.1) is 0 Å². The topological polar surface area (TPSA) is 119 Å². The first-order chi connectivity index (χ1) is 8.90. The van der Waals surface area contributed by atoms with Gasteiger partial charge in [-0.2, -0.15) is 4.98 Å². The zero-order chi connectivity index (χ0) is 14.6. The molecule has 0 unspecified atom stereocenters. The van der Waals surface area contributed by atoms with Crippen LogP contribution < -0.4 is 22.3 Å². The lowest BCUT2D eigenvalue weighted by molar-refractivity contribution is -0.117. The maximum atomic E-state index is 11.9. The van der Waals surface area contributed by atoms with Crippen molar-refractivity contribution in [3.05, 3.63) is 10.4 Å². The summed E-state index contributed by atoms with van der Waals surface area (Å²) < 4.78 is 1.13. The monoisotopic (exact) mass is 268 g/mol. The Kier molecular flexibility index (Phi) is 4.87. The molecule has 0 saturated carbocycles. The van der Waals surface area contributed by atoms with Crippen LogP contribution in [0, 0.1) is 0 Å². The van der Waals surface area contributed by atoms with Gasteiger partial charge in [0.25, 0.3) is 5.56 Å². The first-order valence-corrected chi connectivity index (χ1v) is 6.04. The summed E-state index contributed by atoms with van der Waals surface area (Å²) in [5.74, 6) is -0.378. The van der Waals surface area contributed by atoms with Crippen LogP contribution in [-0.2, 0) is 11.8 Å². The first kappa shape index (κ1) is 15.0. The van der Waals surface area contributed by atoms with Crippen LogP contribution in [0.25, 0.3) is 0 Å². The van der Waals surface area contributed by atoms with Crippen molar-refractivity contribution in [2.75, 3.05) is 36.4 Å². The lowest BCUT2D eigenvalue weighted by Crippen LogP contribution is -2.35. The van der Waals surface area contributed by atoms with Gasteiger partial charge in [0.1, 0.15) is 0 Å². The zero-order valence-electron chi connectivity index (χ0n) is 11.4. The van der Waals surface area contributed by atoms with Crippen LogP contribution >= 0.6 is 0 Å². The molecular formula is C11H20N6O2. The highest BCUT2D eigenvalue weighted by molar-refractivity contribution is 5.94. The summed E-state index contributed by atoms with van der Waals surface area (Å²) in [7, 11) is 1.46. The van der Waals surface area contributed by atoms with E-state index in [0.717, 1.165) is 17.7 Å². The van der Waals surface area contributed by atoms with Gasteiger partial charge in [-0.1, -0.05) is 13.8 Å². The Morgan fingerprint density at radius 1 is 1.37 bits per heavy atom. The number of nitrogens with two attached hydrogens (primary N) is 2. The number of carbonyl (C=O) groups is 1. The van der Waals surface area contributed by atoms with Crippen molar-refractivity contribution < 1.29 is 4.79 Å². The molecule has 0 fully saturated rings. The number of hydrogen-bond acceptors (Lipinski definition) is 6. The molecule has 106 valence electrons. The van der Waals surface area contributed by atoms with E-state index in [1.807, 2.05) is 18.7 Å². The summed E-state index contributed by atoms with van der Waals surface area (Å²) >= 11 is 0. The van der Waals surface area contributed by atoms with E-state index in [2.05, 4.69) is 10.3 Å². The summed E-state index contributed by atoms with van der Waals surface area (Å²) in [5, 5.41) is 2.49. The van der Waals surface area contributed by atoms with Crippen LogP contribution in [0.15, 0.2) is 4.79 Å². The second-order valence-electron chi connectivity index (χ2n) is 4.10. The van der Waals surface area contributed by atoms with Gasteiger partial charge in [0.15, 0.2) is 11.5 Å². The lowest BCUT2D eigenvalue weighted by atomic mass is 10.4. The summed E-state index contributed by atoms with van der Waals surface area (Å²) in [4.78, 5) is 29.4. The van der Waals surface area contributed by atoms with Crippen molar-refractivity contribution in [2.45, 2.75) is 13.8 Å². The Morgan fingerprint density at radius 2 is 1.95 bits per heavy atom. The Bertz CT molecular complexity index is 521. The fourth-order valence-electron chi connectivity index (χ4n) is 1.58. The van der Waals surface area contributed by atoms with E-state index in [9.17, 15) is 9.59 Å². The quantitative estimate of drug-likeness (QED) is 0.645. The van der Waals surface area contributed by atoms with Crippen LogP contribution in [0.2, 0.25) is 0 Å². The number of hydrogen-bond donors (Lipinski definition) is 3. The third kappa shape index (κ3) is 3.44. The molecule has 0 atom stereocenters. The molecule has 0 aromatic carbocycles. The van der Waals surface area contributed by atoms with Crippen LogP contribution in [-0.4, -0.2) is 40.0 Å². The maximum Gasteiger partial charge on any atom is 0.280 e. The number of nitrogens with one attached hydrogen (secondary N) is 1. The summed E-state index contributed by atoms with van der Waals surface area (Å²) in [6.45, 7) is 5.60. The maximum absolute atomic E-state index is 11.9. The minimum absolute atomic E-state index is 0.00393. The smallest absolute Gasteiger partial charge is 0.280 e. The molecule has 1 aromatic rings. The van der Waals surface area contributed by atoms with Crippen LogP contribution in [0.4, 0.5) is 17.5 Å². The molecule has 0 spiro atoms. The van der Waals surface area contributed by atoms with Gasteiger partial charge in [0.05, 0.1) is 6.54 Å². The highest BCUT2D eigenvalue weighted by Crippen LogP contribution is 2.11. The average Bonchev–Trinajstić information content (AvgIpc) is 2.38. The van der Waals surface area contributed by atoms with Crippen molar-refractivity contribution >= 4 is 23.4 Å². The molecule has 0 saturated heterocycles. The van der Waals surface area contributed by atoms with Crippen LogP contribution in [0.3, 0.4) is 0 Å². The number of anilines is 3. The normalized spacial score (nSPS) is 10.7. The molecule has 1 rings (SSSR count). The molecule has 8 heteroatoms. The van der Waals surface area contributed by atoms with Gasteiger partial charge in [0, 0.05) is 7.05 Å². The number of aromatic nitrogens is 2. The van der Waals surface area contributed by atoms with E-state index in [0.29, 0.717) is 0 Å². The third-order valence-electron chi connectivity index (χ3n) is 2.88. The number of rotatable bonds is 5. The van der Waals surface area contributed by atoms with E-state index >= 15 is 0 Å². The second-order valence-corrected chi connectivity index (χ2v) is 4.10. The molecule has 5 N–H and O–H groups in total. The highest BCUT2D eigenvalue weighted by Gasteiger charge is 2.15. The molecule has 0 aliphatic heterocycles. The van der Waals surface area contributed by atoms with Crippen LogP contribution in [0.5, 0.6) is 0 Å². The molecule has 1 aromatic heterocycles. The predicted octanol–water partition coefficient (Wildman–Crippen LogP) is -0.775. The van der Waals surface area contributed by atoms with Gasteiger partial charge in [-0.25, -0.2) is 0 Å². The third-order valence-corrected chi connectivity index (χ3v) is 2.88. The molecule has 0 radical (unpaired) electrons. The number of carbonyl (C=O) groups excluding carboxylic acids is 1. The largest absolute Gasteiger partial charge is 0.382 e. The van der Waals surface area contributed by atoms with E-state index in [4.69, 9.17) is 11.5 Å². The van der Waals surface area contributed by atoms with Crippen molar-refractivity contribution in [1.29, 1.82) is 0 Å². The molecule has 0 bridgehead atoms. The summed E-state index contributed by atoms with van der Waals surface area (Å²) in [5.41, 5.74) is 10.6. The van der Waals surface area contributed by atoms with Gasteiger partial charge in [0.2, 0.25) is 11.9 Å². The van der Waals surface area contributed by atoms with Crippen molar-refractivity contribution in [2.24, 2.45) is 7.05 Å². The SMILES string of the molecule is CCN(CC)CC(=O)Nc1c(N)nc(N)n(C)c1=O. The van der Waals surface area contributed by atoms with Gasteiger partial charge >= 0.3 is 0 Å². The number of nitrogen functional groups attached to an aromatic ring is 2. The predicted molar refractivity (Wildman–Crippen MR) is 74.7 cm³/mol. The Balaban J connectivity index is 2.92. The molecule has 0 aliphatic rings. The van der Waals surface area contributed by atoms with E-state index in [-0.39, 0.29) is 29.9 Å². The first-order valence-electron chi connectivity index (χ1n) is 6.04. The minimum atomic E-state index is -0.474. The zero-order valence-corrected chi connectivity index (χ0v) is 11.4. The van der Waals surface area contributed by atoms with Crippen molar-refractivity contribution in [3.63, 3.8) is 0 Å². The molecular weight excluding hydrogens is 248 g/mol. The van der Waals surface area contributed by atoms with Crippen LogP contribution in [0.1, 0.15) is 13.8 Å². The van der Waals surface area contributed by atoms with E-state index < -0.39 is 5.56 Å². The number of nitrogens with zero attached hydrogens (tertiary/aromatic N) is 3. The molecule has 1 heterocycles. The summed E-state index contributed by atoms with van der Waals surface area (Å²) in [6, 6.07) is 0. The highest BCUT2D eigenvalue weighted by atomic mass is 16.2. The van der Waals surface area contributed by atoms with E-state index in [1.165, 1.54) is 7.05 Å². The van der Waals surface area contributed by atoms with Gasteiger partial charge in [-0.3, -0.25) is 19.1 Å².